The van der Waals surface area contributed by atoms with E-state index in [0.29, 0.717) is 34.5 Å². The van der Waals surface area contributed by atoms with Gasteiger partial charge in [-0.05, 0) is 56.3 Å². The molecule has 1 saturated heterocycles. The van der Waals surface area contributed by atoms with Gasteiger partial charge < -0.3 is 14.2 Å². The summed E-state index contributed by atoms with van der Waals surface area (Å²) in [6, 6.07) is 3.34. The maximum atomic E-state index is 12.6. The molecule has 9 heteroatoms. The van der Waals surface area contributed by atoms with Crippen LogP contribution in [-0.4, -0.2) is 55.4 Å². The van der Waals surface area contributed by atoms with Crippen LogP contribution < -0.4 is 9.47 Å². The van der Waals surface area contributed by atoms with Crippen molar-refractivity contribution in [1.82, 2.24) is 4.90 Å². The molecule has 1 aliphatic heterocycles. The van der Waals surface area contributed by atoms with Gasteiger partial charge in [0, 0.05) is 13.1 Å². The summed E-state index contributed by atoms with van der Waals surface area (Å²) in [5.74, 6) is 0.00155. The maximum absolute atomic E-state index is 12.6. The van der Waals surface area contributed by atoms with Crippen molar-refractivity contribution in [1.29, 1.82) is 0 Å². The second-order valence-corrected chi connectivity index (χ2v) is 6.96. The Hall–Kier alpha value is -2.19. The molecule has 1 amide bonds. The minimum absolute atomic E-state index is 0.0996. The van der Waals surface area contributed by atoms with Crippen LogP contribution in [0, 0.1) is 0 Å². The molecule has 1 fully saturated rings. The Morgan fingerprint density at radius 1 is 1.32 bits per heavy atom. The van der Waals surface area contributed by atoms with E-state index in [1.807, 2.05) is 13.8 Å². The average Bonchev–Trinajstić information content (AvgIpc) is 2.95. The summed E-state index contributed by atoms with van der Waals surface area (Å²) in [7, 11) is 1.47. The number of thioether (sulfide) groups is 1. The van der Waals surface area contributed by atoms with Crippen LogP contribution in [0.15, 0.2) is 22.0 Å². The first-order chi connectivity index (χ1) is 13.4. The van der Waals surface area contributed by atoms with E-state index in [1.165, 1.54) is 18.9 Å². The van der Waals surface area contributed by atoms with E-state index < -0.39 is 5.97 Å². The van der Waals surface area contributed by atoms with E-state index in [-0.39, 0.29) is 29.9 Å². The van der Waals surface area contributed by atoms with Gasteiger partial charge in [0.15, 0.2) is 23.3 Å². The number of nitrogens with zero attached hydrogens (tertiary/aromatic N) is 2. The molecule has 1 aromatic carbocycles. The Morgan fingerprint density at radius 3 is 2.68 bits per heavy atom. The van der Waals surface area contributed by atoms with Crippen LogP contribution in [0.25, 0.3) is 6.08 Å². The zero-order chi connectivity index (χ0) is 20.7. The fraction of sp³-hybridized carbons (Fsp3) is 0.421. The van der Waals surface area contributed by atoms with E-state index >= 15 is 0 Å². The van der Waals surface area contributed by atoms with Crippen molar-refractivity contribution in [3.05, 3.63) is 27.6 Å². The van der Waals surface area contributed by atoms with Crippen LogP contribution in [0.1, 0.15) is 26.3 Å². The van der Waals surface area contributed by atoms with E-state index in [0.717, 1.165) is 0 Å². The van der Waals surface area contributed by atoms with Crippen LogP contribution in [0.2, 0.25) is 5.02 Å². The largest absolute Gasteiger partial charge is 0.493 e. The smallest absolute Gasteiger partial charge is 0.344 e. The first kappa shape index (κ1) is 22.1. The molecule has 0 atom stereocenters. The molecule has 1 aromatic rings. The normalized spacial score (nSPS) is 16.8. The zero-order valence-electron chi connectivity index (χ0n) is 16.3. The summed E-state index contributed by atoms with van der Waals surface area (Å²) in [5, 5.41) is 0.953. The molecule has 0 N–H and O–H groups in total. The standard InChI is InChI=1S/C19H23ClN2O5S/c1-5-21-19-22(6-2)18(24)15(28-19)10-12-8-13(20)17(14(9-12)25-4)27-11-16(23)26-7-3/h8-10H,5-7,11H2,1-4H3/b15-10+,21-19?. The van der Waals surface area contributed by atoms with Gasteiger partial charge in [0.1, 0.15) is 0 Å². The molecule has 152 valence electrons. The molecule has 2 rings (SSSR count). The fourth-order valence-corrected chi connectivity index (χ4v) is 3.87. The average molecular weight is 427 g/mol. The number of methoxy groups -OCH3 is 1. The monoisotopic (exact) mass is 426 g/mol. The number of amides is 1. The Balaban J connectivity index is 2.29. The molecule has 1 heterocycles. The molecule has 7 nitrogen and oxygen atoms in total. The molecule has 1 aliphatic rings. The van der Waals surface area contributed by atoms with E-state index in [4.69, 9.17) is 25.8 Å². The number of amidine groups is 1. The van der Waals surface area contributed by atoms with Gasteiger partial charge >= 0.3 is 5.97 Å². The van der Waals surface area contributed by atoms with Crippen LogP contribution in [0.4, 0.5) is 0 Å². The number of aliphatic imine (C=N–C) groups is 1. The second-order valence-electron chi connectivity index (χ2n) is 5.54. The van der Waals surface area contributed by atoms with E-state index in [9.17, 15) is 9.59 Å². The van der Waals surface area contributed by atoms with Gasteiger partial charge in [0.2, 0.25) is 0 Å². The topological polar surface area (TPSA) is 77.4 Å². The number of carbonyl (C=O) groups excluding carboxylic acids is 2. The van der Waals surface area contributed by atoms with Crippen molar-refractivity contribution in [2.75, 3.05) is 33.4 Å². The first-order valence-electron chi connectivity index (χ1n) is 8.86. The Bertz CT molecular complexity index is 810. The summed E-state index contributed by atoms with van der Waals surface area (Å²) in [6.45, 7) is 6.68. The van der Waals surface area contributed by atoms with Crippen molar-refractivity contribution < 1.29 is 23.8 Å². The number of esters is 1. The van der Waals surface area contributed by atoms with Crippen molar-refractivity contribution in [3.63, 3.8) is 0 Å². The van der Waals surface area contributed by atoms with Gasteiger partial charge in [-0.1, -0.05) is 11.6 Å². The highest BCUT2D eigenvalue weighted by Gasteiger charge is 2.32. The number of hydrogen-bond acceptors (Lipinski definition) is 7. The third-order valence-electron chi connectivity index (χ3n) is 3.69. The quantitative estimate of drug-likeness (QED) is 0.467. The zero-order valence-corrected chi connectivity index (χ0v) is 17.9. The number of benzene rings is 1. The summed E-state index contributed by atoms with van der Waals surface area (Å²) >= 11 is 7.64. The number of carbonyl (C=O) groups is 2. The molecule has 0 bridgehead atoms. The number of halogens is 1. The van der Waals surface area contributed by atoms with Gasteiger partial charge in [0.05, 0.1) is 23.6 Å². The van der Waals surface area contributed by atoms with Crippen molar-refractivity contribution >= 4 is 46.5 Å². The highest BCUT2D eigenvalue weighted by atomic mass is 35.5. The lowest BCUT2D eigenvalue weighted by atomic mass is 10.1. The molecule has 0 saturated carbocycles. The molecule has 0 unspecified atom stereocenters. The lowest BCUT2D eigenvalue weighted by Crippen LogP contribution is -2.28. The van der Waals surface area contributed by atoms with Crippen LogP contribution in [0.5, 0.6) is 11.5 Å². The van der Waals surface area contributed by atoms with Gasteiger partial charge in [-0.3, -0.25) is 14.7 Å². The summed E-state index contributed by atoms with van der Waals surface area (Å²) in [4.78, 5) is 30.6. The molecular formula is C19H23ClN2O5S. The first-order valence-corrected chi connectivity index (χ1v) is 10.1. The number of ether oxygens (including phenoxy) is 3. The second kappa shape index (κ2) is 10.4. The van der Waals surface area contributed by atoms with Gasteiger partial charge in [-0.15, -0.1) is 0 Å². The highest BCUT2D eigenvalue weighted by Crippen LogP contribution is 2.39. The maximum Gasteiger partial charge on any atom is 0.344 e. The Morgan fingerprint density at radius 2 is 2.07 bits per heavy atom. The lowest BCUT2D eigenvalue weighted by Gasteiger charge is -2.13. The predicted molar refractivity (Wildman–Crippen MR) is 111 cm³/mol. The van der Waals surface area contributed by atoms with Crippen LogP contribution in [-0.2, 0) is 14.3 Å². The molecule has 28 heavy (non-hydrogen) atoms. The van der Waals surface area contributed by atoms with Gasteiger partial charge in [0.25, 0.3) is 5.91 Å². The van der Waals surface area contributed by atoms with E-state index in [2.05, 4.69) is 4.99 Å². The third kappa shape index (κ3) is 5.20. The number of hydrogen-bond donors (Lipinski definition) is 0. The summed E-state index contributed by atoms with van der Waals surface area (Å²) in [5.41, 5.74) is 0.676. The molecule has 0 spiro atoms. The molecular weight excluding hydrogens is 404 g/mol. The number of rotatable bonds is 8. The SMILES string of the molecule is CCN=C1S/C(=C/c2cc(Cl)c(OCC(=O)OCC)c(OC)c2)C(=O)N1CC. The molecule has 0 radical (unpaired) electrons. The predicted octanol–water partition coefficient (Wildman–Crippen LogP) is 3.60. The van der Waals surface area contributed by atoms with Crippen molar-refractivity contribution in [2.45, 2.75) is 20.8 Å². The molecule has 0 aliphatic carbocycles. The number of likely N-dealkylation sites (N-methyl/N-ethyl adjacent to an activating group) is 1. The van der Waals surface area contributed by atoms with Crippen molar-refractivity contribution in [3.8, 4) is 11.5 Å². The summed E-state index contributed by atoms with van der Waals surface area (Å²) < 4.78 is 15.6. The van der Waals surface area contributed by atoms with Crippen LogP contribution >= 0.6 is 23.4 Å². The Labute approximate surface area is 173 Å². The highest BCUT2D eigenvalue weighted by molar-refractivity contribution is 8.18. The van der Waals surface area contributed by atoms with Gasteiger partial charge in [-0.25, -0.2) is 4.79 Å². The summed E-state index contributed by atoms with van der Waals surface area (Å²) in [6.07, 6.45) is 1.73. The minimum atomic E-state index is -0.498. The minimum Gasteiger partial charge on any atom is -0.493 e. The van der Waals surface area contributed by atoms with E-state index in [1.54, 1.807) is 30.0 Å². The Kier molecular flexibility index (Phi) is 8.19. The third-order valence-corrected chi connectivity index (χ3v) is 5.01. The lowest BCUT2D eigenvalue weighted by molar-refractivity contribution is -0.145. The van der Waals surface area contributed by atoms with Crippen LogP contribution in [0.3, 0.4) is 0 Å². The van der Waals surface area contributed by atoms with Crippen molar-refractivity contribution in [2.24, 2.45) is 4.99 Å². The fourth-order valence-electron chi connectivity index (χ4n) is 2.49. The van der Waals surface area contributed by atoms with Gasteiger partial charge in [-0.2, -0.15) is 0 Å². The molecule has 0 aromatic heterocycles.